The van der Waals surface area contributed by atoms with Crippen LogP contribution in [0.25, 0.3) is 11.1 Å². The van der Waals surface area contributed by atoms with E-state index < -0.39 is 5.97 Å². The van der Waals surface area contributed by atoms with E-state index in [9.17, 15) is 9.90 Å². The van der Waals surface area contributed by atoms with E-state index in [-0.39, 0.29) is 6.42 Å². The van der Waals surface area contributed by atoms with E-state index in [1.807, 2.05) is 49.4 Å². The highest BCUT2D eigenvalue weighted by molar-refractivity contribution is 9.08. The Balaban J connectivity index is 2.58. The lowest BCUT2D eigenvalue weighted by Gasteiger charge is -2.14. The first kappa shape index (κ1) is 13.8. The summed E-state index contributed by atoms with van der Waals surface area (Å²) in [6, 6.07) is 13.8. The average molecular weight is 318 g/mol. The molecule has 0 saturated carbocycles. The number of aliphatic carboxylic acids is 1. The van der Waals surface area contributed by atoms with Gasteiger partial charge in [-0.25, -0.2) is 0 Å². The molecule has 0 spiro atoms. The van der Waals surface area contributed by atoms with Gasteiger partial charge in [0, 0.05) is 17.7 Å². The van der Waals surface area contributed by atoms with Crippen molar-refractivity contribution in [3.8, 4) is 11.1 Å². The molecule has 0 aliphatic carbocycles. The number of hydrogen-bond donors (Lipinski definition) is 0. The van der Waals surface area contributed by atoms with E-state index in [0.717, 1.165) is 33.1 Å². The van der Waals surface area contributed by atoms with Crippen LogP contribution in [0.5, 0.6) is 0 Å². The first-order chi connectivity index (χ1) is 9.11. The van der Waals surface area contributed by atoms with Crippen molar-refractivity contribution in [3.05, 3.63) is 59.2 Å². The van der Waals surface area contributed by atoms with Gasteiger partial charge in [-0.2, -0.15) is 0 Å². The fourth-order valence-electron chi connectivity index (χ4n) is 2.14. The average Bonchev–Trinajstić information content (AvgIpc) is 2.39. The highest BCUT2D eigenvalue weighted by Crippen LogP contribution is 2.28. The molecule has 3 heteroatoms. The SMILES string of the molecule is Cc1ccccc1-c1cc(CBr)ccc1CC(=O)[O-]. The Morgan fingerprint density at radius 3 is 2.53 bits per heavy atom. The number of aryl methyl sites for hydroxylation is 1. The van der Waals surface area contributed by atoms with E-state index in [0.29, 0.717) is 0 Å². The van der Waals surface area contributed by atoms with E-state index in [1.54, 1.807) is 0 Å². The minimum absolute atomic E-state index is 0.0633. The molecule has 0 bridgehead atoms. The second-order valence-corrected chi connectivity index (χ2v) is 5.05. The number of carbonyl (C=O) groups is 1. The number of carboxylic acids is 1. The smallest absolute Gasteiger partial charge is 0.0458 e. The predicted molar refractivity (Wildman–Crippen MR) is 78.0 cm³/mol. The van der Waals surface area contributed by atoms with Gasteiger partial charge < -0.3 is 9.90 Å². The van der Waals surface area contributed by atoms with Gasteiger partial charge in [-0.3, -0.25) is 0 Å². The Kier molecular flexibility index (Phi) is 4.38. The molecule has 0 heterocycles. The fraction of sp³-hybridized carbons (Fsp3) is 0.188. The van der Waals surface area contributed by atoms with Gasteiger partial charge in [0.1, 0.15) is 0 Å². The molecule has 0 fully saturated rings. The molecule has 19 heavy (non-hydrogen) atoms. The summed E-state index contributed by atoms with van der Waals surface area (Å²) < 4.78 is 0. The van der Waals surface area contributed by atoms with Crippen LogP contribution in [0.1, 0.15) is 16.7 Å². The van der Waals surface area contributed by atoms with Crippen LogP contribution in [0.15, 0.2) is 42.5 Å². The van der Waals surface area contributed by atoms with Gasteiger partial charge in [0.25, 0.3) is 0 Å². The van der Waals surface area contributed by atoms with Crippen LogP contribution >= 0.6 is 15.9 Å². The Bertz CT molecular complexity index is 605. The molecule has 0 aromatic heterocycles. The summed E-state index contributed by atoms with van der Waals surface area (Å²) in [4.78, 5) is 10.9. The monoisotopic (exact) mass is 317 g/mol. The maximum atomic E-state index is 10.9. The third-order valence-corrected chi connectivity index (χ3v) is 3.75. The largest absolute Gasteiger partial charge is 0.550 e. The molecule has 2 nitrogen and oxygen atoms in total. The molecular weight excluding hydrogens is 304 g/mol. The molecular formula is C16H14BrO2-. The number of halogens is 1. The lowest BCUT2D eigenvalue weighted by Crippen LogP contribution is -2.24. The quantitative estimate of drug-likeness (QED) is 0.813. The standard InChI is InChI=1S/C16H15BrO2/c1-11-4-2-3-5-14(11)15-8-12(10-17)6-7-13(15)9-16(18)19/h2-8H,9-10H2,1H3,(H,18,19)/p-1. The third kappa shape index (κ3) is 3.24. The second-order valence-electron chi connectivity index (χ2n) is 4.49. The zero-order valence-corrected chi connectivity index (χ0v) is 12.2. The maximum Gasteiger partial charge on any atom is 0.0458 e. The van der Waals surface area contributed by atoms with E-state index in [4.69, 9.17) is 0 Å². The van der Waals surface area contributed by atoms with Gasteiger partial charge in [-0.15, -0.1) is 0 Å². The highest BCUT2D eigenvalue weighted by atomic mass is 79.9. The Hall–Kier alpha value is -1.61. The van der Waals surface area contributed by atoms with E-state index >= 15 is 0 Å². The van der Waals surface area contributed by atoms with Gasteiger partial charge in [0.2, 0.25) is 0 Å². The Morgan fingerprint density at radius 2 is 1.89 bits per heavy atom. The predicted octanol–water partition coefficient (Wildman–Crippen LogP) is 2.85. The number of rotatable bonds is 4. The van der Waals surface area contributed by atoms with Crippen molar-refractivity contribution in [2.45, 2.75) is 18.7 Å². The summed E-state index contributed by atoms with van der Waals surface area (Å²) in [6.45, 7) is 2.03. The zero-order valence-electron chi connectivity index (χ0n) is 10.7. The Morgan fingerprint density at radius 1 is 1.16 bits per heavy atom. The van der Waals surface area contributed by atoms with Crippen molar-refractivity contribution in [2.75, 3.05) is 0 Å². The molecule has 2 aromatic carbocycles. The first-order valence-corrected chi connectivity index (χ1v) is 7.17. The van der Waals surface area contributed by atoms with Gasteiger partial charge in [-0.05, 0) is 34.7 Å². The number of carbonyl (C=O) groups excluding carboxylic acids is 1. The van der Waals surface area contributed by atoms with Crippen molar-refractivity contribution >= 4 is 21.9 Å². The maximum absolute atomic E-state index is 10.9. The normalized spacial score (nSPS) is 10.4. The van der Waals surface area contributed by atoms with Gasteiger partial charge in [0.05, 0.1) is 0 Å². The zero-order chi connectivity index (χ0) is 13.8. The minimum Gasteiger partial charge on any atom is -0.550 e. The first-order valence-electron chi connectivity index (χ1n) is 6.05. The molecule has 2 rings (SSSR count). The van der Waals surface area contributed by atoms with Crippen LogP contribution in [0.4, 0.5) is 0 Å². The highest BCUT2D eigenvalue weighted by Gasteiger charge is 2.08. The van der Waals surface area contributed by atoms with Crippen molar-refractivity contribution in [3.63, 3.8) is 0 Å². The van der Waals surface area contributed by atoms with Crippen LogP contribution in [0.3, 0.4) is 0 Å². The summed E-state index contributed by atoms with van der Waals surface area (Å²) in [7, 11) is 0. The number of alkyl halides is 1. The number of benzene rings is 2. The third-order valence-electron chi connectivity index (χ3n) is 3.10. The molecule has 0 unspecified atom stereocenters. The molecule has 98 valence electrons. The van der Waals surface area contributed by atoms with Crippen molar-refractivity contribution < 1.29 is 9.90 Å². The summed E-state index contributed by atoms with van der Waals surface area (Å²) in [5.74, 6) is -1.05. The minimum atomic E-state index is -1.05. The molecule has 0 radical (unpaired) electrons. The van der Waals surface area contributed by atoms with Gasteiger partial charge in [-0.1, -0.05) is 58.4 Å². The molecule has 2 aromatic rings. The van der Waals surface area contributed by atoms with Crippen LogP contribution in [-0.2, 0) is 16.5 Å². The fourth-order valence-corrected chi connectivity index (χ4v) is 2.49. The molecule has 0 N–H and O–H groups in total. The van der Waals surface area contributed by atoms with E-state index in [1.165, 1.54) is 0 Å². The summed E-state index contributed by atoms with van der Waals surface area (Å²) in [5.41, 5.74) is 5.09. The molecule has 0 atom stereocenters. The lowest BCUT2D eigenvalue weighted by atomic mass is 9.93. The summed E-state index contributed by atoms with van der Waals surface area (Å²) >= 11 is 3.43. The number of carboxylic acid groups (broad SMARTS) is 1. The summed E-state index contributed by atoms with van der Waals surface area (Å²) in [6.07, 6.45) is -0.0633. The Labute approximate surface area is 121 Å². The lowest BCUT2D eigenvalue weighted by molar-refractivity contribution is -0.304. The van der Waals surface area contributed by atoms with Gasteiger partial charge >= 0.3 is 0 Å². The molecule has 0 aliphatic rings. The van der Waals surface area contributed by atoms with Gasteiger partial charge in [0.15, 0.2) is 0 Å². The molecule has 0 saturated heterocycles. The number of hydrogen-bond acceptors (Lipinski definition) is 2. The second kappa shape index (κ2) is 6.02. The summed E-state index contributed by atoms with van der Waals surface area (Å²) in [5, 5.41) is 11.6. The van der Waals surface area contributed by atoms with Crippen molar-refractivity contribution in [2.24, 2.45) is 0 Å². The van der Waals surface area contributed by atoms with Crippen LogP contribution < -0.4 is 5.11 Å². The topological polar surface area (TPSA) is 40.1 Å². The molecule has 0 amide bonds. The van der Waals surface area contributed by atoms with E-state index in [2.05, 4.69) is 15.9 Å². The van der Waals surface area contributed by atoms with Crippen LogP contribution in [-0.4, -0.2) is 5.97 Å². The molecule has 0 aliphatic heterocycles. The van der Waals surface area contributed by atoms with Crippen molar-refractivity contribution in [1.29, 1.82) is 0 Å². The van der Waals surface area contributed by atoms with Crippen molar-refractivity contribution in [1.82, 2.24) is 0 Å². The van der Waals surface area contributed by atoms with Crippen LogP contribution in [0, 0.1) is 6.92 Å². The van der Waals surface area contributed by atoms with Crippen LogP contribution in [0.2, 0.25) is 0 Å².